The molecule has 1 saturated heterocycles. The number of methoxy groups -OCH3 is 2. The van der Waals surface area contributed by atoms with E-state index in [1.807, 2.05) is 41.3 Å². The Morgan fingerprint density at radius 3 is 2.90 bits per heavy atom. The van der Waals surface area contributed by atoms with Gasteiger partial charge in [0.2, 0.25) is 0 Å². The van der Waals surface area contributed by atoms with Crippen molar-refractivity contribution in [2.75, 3.05) is 40.5 Å². The summed E-state index contributed by atoms with van der Waals surface area (Å²) in [6, 6.07) is 13.0. The molecule has 3 aromatic rings. The zero-order valence-corrected chi connectivity index (χ0v) is 18.0. The number of amides is 1. The molecule has 164 valence electrons. The fourth-order valence-electron chi connectivity index (χ4n) is 3.87. The molecule has 2 aromatic carbocycles. The number of nitrogens with zero attached hydrogens (tertiary/aromatic N) is 2. The number of carbonyl (C=O) groups is 1. The first-order valence-electron chi connectivity index (χ1n) is 10.6. The van der Waals surface area contributed by atoms with Gasteiger partial charge in [-0.15, -0.1) is 0 Å². The van der Waals surface area contributed by atoms with Crippen LogP contribution in [0.3, 0.4) is 0 Å². The minimum Gasteiger partial charge on any atom is -0.497 e. The number of rotatable bonds is 8. The summed E-state index contributed by atoms with van der Waals surface area (Å²) in [5.41, 5.74) is 2.01. The van der Waals surface area contributed by atoms with Gasteiger partial charge >= 0.3 is 0 Å². The summed E-state index contributed by atoms with van der Waals surface area (Å²) < 4.78 is 22.1. The van der Waals surface area contributed by atoms with Gasteiger partial charge in [-0.25, -0.2) is 4.98 Å². The smallest absolute Gasteiger partial charge is 0.254 e. The van der Waals surface area contributed by atoms with Crippen LogP contribution in [0.15, 0.2) is 46.9 Å². The third-order valence-corrected chi connectivity index (χ3v) is 5.53. The van der Waals surface area contributed by atoms with Gasteiger partial charge in [-0.3, -0.25) is 4.79 Å². The van der Waals surface area contributed by atoms with E-state index in [-0.39, 0.29) is 5.91 Å². The van der Waals surface area contributed by atoms with Gasteiger partial charge in [-0.05, 0) is 43.2 Å². The van der Waals surface area contributed by atoms with E-state index in [1.165, 1.54) is 0 Å². The highest BCUT2D eigenvalue weighted by atomic mass is 16.5. The minimum absolute atomic E-state index is 0.0165. The second kappa shape index (κ2) is 9.83. The number of aromatic nitrogens is 1. The first-order chi connectivity index (χ1) is 15.2. The van der Waals surface area contributed by atoms with E-state index >= 15 is 0 Å². The predicted octanol–water partition coefficient (Wildman–Crippen LogP) is 3.96. The van der Waals surface area contributed by atoms with Gasteiger partial charge in [0.15, 0.2) is 11.5 Å². The first-order valence-corrected chi connectivity index (χ1v) is 10.6. The molecule has 7 heteroatoms. The molecular formula is C24H28N2O5. The van der Waals surface area contributed by atoms with Gasteiger partial charge in [0.25, 0.3) is 5.91 Å². The summed E-state index contributed by atoms with van der Waals surface area (Å²) in [5.74, 6) is 2.48. The second-order valence-corrected chi connectivity index (χ2v) is 7.78. The molecule has 4 rings (SSSR count). The quantitative estimate of drug-likeness (QED) is 0.545. The average molecular weight is 424 g/mol. The normalized spacial score (nSPS) is 16.5. The summed E-state index contributed by atoms with van der Waals surface area (Å²) in [5, 5.41) is 0. The lowest BCUT2D eigenvalue weighted by Gasteiger charge is -2.32. The number of likely N-dealkylation sites (tertiary alicyclic amines) is 1. The molecule has 1 aliphatic heterocycles. The van der Waals surface area contributed by atoms with Crippen molar-refractivity contribution < 1.29 is 23.4 Å². The van der Waals surface area contributed by atoms with Gasteiger partial charge in [-0.2, -0.15) is 0 Å². The molecule has 0 aliphatic carbocycles. The van der Waals surface area contributed by atoms with Crippen LogP contribution in [-0.4, -0.2) is 56.3 Å². The molecule has 0 radical (unpaired) electrons. The van der Waals surface area contributed by atoms with Crippen molar-refractivity contribution >= 4 is 17.0 Å². The molecule has 1 aliphatic rings. The van der Waals surface area contributed by atoms with Crippen molar-refractivity contribution in [1.29, 1.82) is 0 Å². The highest BCUT2D eigenvalue weighted by Gasteiger charge is 2.25. The highest BCUT2D eigenvalue weighted by Crippen LogP contribution is 2.24. The number of ether oxygens (including phenoxy) is 3. The fourth-order valence-corrected chi connectivity index (χ4v) is 3.87. The van der Waals surface area contributed by atoms with E-state index in [4.69, 9.17) is 18.6 Å². The van der Waals surface area contributed by atoms with E-state index < -0.39 is 0 Å². The van der Waals surface area contributed by atoms with Crippen molar-refractivity contribution in [3.8, 4) is 11.5 Å². The molecule has 0 N–H and O–H groups in total. The first kappa shape index (κ1) is 21.2. The molecule has 0 saturated carbocycles. The third-order valence-electron chi connectivity index (χ3n) is 5.53. The maximum absolute atomic E-state index is 13.1. The molecule has 0 unspecified atom stereocenters. The van der Waals surface area contributed by atoms with Crippen molar-refractivity contribution in [1.82, 2.24) is 9.88 Å². The van der Waals surface area contributed by atoms with E-state index in [2.05, 4.69) is 4.98 Å². The van der Waals surface area contributed by atoms with Gasteiger partial charge in [0.05, 0.1) is 20.3 Å². The summed E-state index contributed by atoms with van der Waals surface area (Å²) in [7, 11) is 3.29. The lowest BCUT2D eigenvalue weighted by Crippen LogP contribution is -2.41. The molecule has 0 spiro atoms. The maximum atomic E-state index is 13.1. The largest absolute Gasteiger partial charge is 0.497 e. The van der Waals surface area contributed by atoms with Crippen LogP contribution in [0, 0.1) is 5.92 Å². The Hall–Kier alpha value is -3.06. The molecule has 1 aromatic heterocycles. The Morgan fingerprint density at radius 1 is 1.19 bits per heavy atom. The summed E-state index contributed by atoms with van der Waals surface area (Å²) in [6.45, 7) is 2.55. The van der Waals surface area contributed by atoms with Crippen LogP contribution in [-0.2, 0) is 11.2 Å². The number of carbonyl (C=O) groups excluding carboxylic acids is 1. The SMILES string of the molecule is COCCc1nc2ccc(C(=O)N3CCC[C@H](COc4cccc(OC)c4)C3)cc2o1. The zero-order chi connectivity index (χ0) is 21.6. The molecular weight excluding hydrogens is 396 g/mol. The molecule has 2 heterocycles. The monoisotopic (exact) mass is 424 g/mol. The van der Waals surface area contributed by atoms with Gasteiger partial charge in [0.1, 0.15) is 17.0 Å². The van der Waals surface area contributed by atoms with Crippen LogP contribution in [0.25, 0.3) is 11.1 Å². The molecule has 0 bridgehead atoms. The topological polar surface area (TPSA) is 74.0 Å². The Morgan fingerprint density at radius 2 is 2.06 bits per heavy atom. The standard InChI is InChI=1S/C24H28N2O5/c1-28-12-10-23-25-21-9-8-18(13-22(21)31-23)24(27)26-11-4-5-17(15-26)16-30-20-7-3-6-19(14-20)29-2/h3,6-9,13-14,17H,4-5,10-12,15-16H2,1-2H3/t17-/m0/s1. The lowest BCUT2D eigenvalue weighted by molar-refractivity contribution is 0.0633. The number of hydrogen-bond acceptors (Lipinski definition) is 6. The van der Waals surface area contributed by atoms with Crippen LogP contribution in [0.2, 0.25) is 0 Å². The molecule has 1 atom stereocenters. The van der Waals surface area contributed by atoms with Crippen LogP contribution in [0.1, 0.15) is 29.1 Å². The number of hydrogen-bond donors (Lipinski definition) is 0. The molecule has 7 nitrogen and oxygen atoms in total. The fraction of sp³-hybridized carbons (Fsp3) is 0.417. The van der Waals surface area contributed by atoms with E-state index in [0.29, 0.717) is 49.1 Å². The van der Waals surface area contributed by atoms with Gasteiger partial charge < -0.3 is 23.5 Å². The van der Waals surface area contributed by atoms with Gasteiger partial charge in [-0.1, -0.05) is 6.07 Å². The summed E-state index contributed by atoms with van der Waals surface area (Å²) >= 11 is 0. The molecule has 1 amide bonds. The molecule has 31 heavy (non-hydrogen) atoms. The maximum Gasteiger partial charge on any atom is 0.254 e. The van der Waals surface area contributed by atoms with Crippen LogP contribution in [0.4, 0.5) is 0 Å². The second-order valence-electron chi connectivity index (χ2n) is 7.78. The predicted molar refractivity (Wildman–Crippen MR) is 117 cm³/mol. The Balaban J connectivity index is 1.38. The number of oxazole rings is 1. The highest BCUT2D eigenvalue weighted by molar-refractivity contribution is 5.97. The van der Waals surface area contributed by atoms with Crippen molar-refractivity contribution in [3.63, 3.8) is 0 Å². The zero-order valence-electron chi connectivity index (χ0n) is 18.0. The Kier molecular flexibility index (Phi) is 6.72. The third kappa shape index (κ3) is 5.17. The molecule has 1 fully saturated rings. The number of benzene rings is 2. The van der Waals surface area contributed by atoms with Crippen molar-refractivity contribution in [2.24, 2.45) is 5.92 Å². The average Bonchev–Trinajstić information content (AvgIpc) is 3.23. The van der Waals surface area contributed by atoms with Crippen molar-refractivity contribution in [3.05, 3.63) is 53.9 Å². The van der Waals surface area contributed by atoms with Crippen LogP contribution >= 0.6 is 0 Å². The van der Waals surface area contributed by atoms with Crippen LogP contribution in [0.5, 0.6) is 11.5 Å². The van der Waals surface area contributed by atoms with Crippen LogP contribution < -0.4 is 9.47 Å². The number of piperidine rings is 1. The number of fused-ring (bicyclic) bond motifs is 1. The van der Waals surface area contributed by atoms with E-state index in [0.717, 1.165) is 36.4 Å². The lowest BCUT2D eigenvalue weighted by atomic mass is 9.98. The van der Waals surface area contributed by atoms with E-state index in [9.17, 15) is 4.79 Å². The minimum atomic E-state index is 0.0165. The van der Waals surface area contributed by atoms with E-state index in [1.54, 1.807) is 20.3 Å². The summed E-state index contributed by atoms with van der Waals surface area (Å²) in [6.07, 6.45) is 2.61. The Bertz CT molecular complexity index is 1030. The summed E-state index contributed by atoms with van der Waals surface area (Å²) in [4.78, 5) is 19.5. The van der Waals surface area contributed by atoms with Crippen molar-refractivity contribution in [2.45, 2.75) is 19.3 Å². The Labute approximate surface area is 181 Å². The van der Waals surface area contributed by atoms with Gasteiger partial charge in [0, 0.05) is 44.2 Å².